The lowest BCUT2D eigenvalue weighted by Gasteiger charge is -2.20. The molecule has 4 heteroatoms. The lowest BCUT2D eigenvalue weighted by atomic mass is 10.0. The zero-order valence-corrected chi connectivity index (χ0v) is 14.2. The highest BCUT2D eigenvalue weighted by Gasteiger charge is 2.19. The molecule has 1 atom stereocenters. The summed E-state index contributed by atoms with van der Waals surface area (Å²) in [4.78, 5) is 4.55. The van der Waals surface area contributed by atoms with E-state index in [4.69, 9.17) is 0 Å². The van der Waals surface area contributed by atoms with Crippen molar-refractivity contribution in [1.82, 2.24) is 14.9 Å². The number of rotatable bonds is 5. The number of aromatic nitrogens is 2. The Hall–Kier alpha value is -1.13. The van der Waals surface area contributed by atoms with E-state index < -0.39 is 0 Å². The number of hydrogen-bond acceptors (Lipinski definition) is 2. The van der Waals surface area contributed by atoms with Crippen LogP contribution in [0, 0.1) is 13.8 Å². The second-order valence-electron chi connectivity index (χ2n) is 5.03. The fraction of sp³-hybridized carbons (Fsp3) is 0.438. The first kappa shape index (κ1) is 15.3. The van der Waals surface area contributed by atoms with Gasteiger partial charge in [-0.05, 0) is 44.0 Å². The van der Waals surface area contributed by atoms with Crippen LogP contribution >= 0.6 is 15.9 Å². The van der Waals surface area contributed by atoms with Crippen molar-refractivity contribution >= 4 is 15.9 Å². The number of imidazole rings is 1. The van der Waals surface area contributed by atoms with Crippen molar-refractivity contribution in [3.8, 4) is 0 Å². The maximum absolute atomic E-state index is 4.55. The van der Waals surface area contributed by atoms with Crippen LogP contribution in [-0.2, 0) is 6.54 Å². The summed E-state index contributed by atoms with van der Waals surface area (Å²) in [5, 5.41) is 3.55. The molecule has 20 heavy (non-hydrogen) atoms. The van der Waals surface area contributed by atoms with Crippen molar-refractivity contribution in [2.45, 2.75) is 40.3 Å². The molecule has 0 saturated heterocycles. The van der Waals surface area contributed by atoms with E-state index in [1.54, 1.807) is 0 Å². The lowest BCUT2D eigenvalue weighted by molar-refractivity contribution is 0.558. The average Bonchev–Trinajstić information content (AvgIpc) is 2.89. The molecule has 0 amide bonds. The van der Waals surface area contributed by atoms with Crippen LogP contribution in [0.25, 0.3) is 0 Å². The Labute approximate surface area is 129 Å². The molecule has 0 aliphatic carbocycles. The molecular formula is C16H22BrN3. The summed E-state index contributed by atoms with van der Waals surface area (Å²) in [6.45, 7) is 10.4. The first-order valence-corrected chi connectivity index (χ1v) is 7.88. The number of aryl methyl sites for hydroxylation is 3. The third-order valence-electron chi connectivity index (χ3n) is 3.55. The summed E-state index contributed by atoms with van der Waals surface area (Å²) >= 11 is 3.64. The quantitative estimate of drug-likeness (QED) is 0.895. The standard InChI is InChI=1S/C16H22BrN3/c1-5-18-15(16-19-7-8-20(16)6-2)13-9-11(3)14(17)12(4)10-13/h7-10,15,18H,5-6H2,1-4H3. The van der Waals surface area contributed by atoms with Gasteiger partial charge >= 0.3 is 0 Å². The fourth-order valence-electron chi connectivity index (χ4n) is 2.56. The maximum Gasteiger partial charge on any atom is 0.130 e. The molecule has 0 fully saturated rings. The topological polar surface area (TPSA) is 29.9 Å². The molecule has 0 bridgehead atoms. The largest absolute Gasteiger partial charge is 0.334 e. The second-order valence-corrected chi connectivity index (χ2v) is 5.82. The summed E-state index contributed by atoms with van der Waals surface area (Å²) in [6, 6.07) is 4.61. The van der Waals surface area contributed by atoms with E-state index in [0.29, 0.717) is 0 Å². The molecule has 0 spiro atoms. The van der Waals surface area contributed by atoms with Gasteiger partial charge in [-0.1, -0.05) is 35.0 Å². The van der Waals surface area contributed by atoms with Gasteiger partial charge in [-0.15, -0.1) is 0 Å². The Morgan fingerprint density at radius 3 is 2.45 bits per heavy atom. The molecule has 0 radical (unpaired) electrons. The molecule has 1 aromatic carbocycles. The predicted molar refractivity (Wildman–Crippen MR) is 87.0 cm³/mol. The van der Waals surface area contributed by atoms with Crippen LogP contribution in [0.5, 0.6) is 0 Å². The van der Waals surface area contributed by atoms with Gasteiger partial charge < -0.3 is 9.88 Å². The number of hydrogen-bond donors (Lipinski definition) is 1. The van der Waals surface area contributed by atoms with Crippen molar-refractivity contribution in [3.05, 3.63) is 51.5 Å². The summed E-state index contributed by atoms with van der Waals surface area (Å²) in [5.74, 6) is 1.08. The van der Waals surface area contributed by atoms with Crippen LogP contribution in [0.15, 0.2) is 29.0 Å². The third kappa shape index (κ3) is 2.96. The Kier molecular flexibility index (Phi) is 5.00. The van der Waals surface area contributed by atoms with Gasteiger partial charge in [-0.25, -0.2) is 4.98 Å². The summed E-state index contributed by atoms with van der Waals surface area (Å²) in [7, 11) is 0. The summed E-state index contributed by atoms with van der Waals surface area (Å²) in [6.07, 6.45) is 3.92. The molecular weight excluding hydrogens is 314 g/mol. The van der Waals surface area contributed by atoms with Gasteiger partial charge in [-0.3, -0.25) is 0 Å². The van der Waals surface area contributed by atoms with E-state index in [0.717, 1.165) is 18.9 Å². The zero-order valence-electron chi connectivity index (χ0n) is 12.6. The third-order valence-corrected chi connectivity index (χ3v) is 4.80. The second kappa shape index (κ2) is 6.55. The molecule has 0 saturated carbocycles. The molecule has 2 rings (SSSR count). The molecule has 1 aromatic heterocycles. The summed E-state index contributed by atoms with van der Waals surface area (Å²) < 4.78 is 3.38. The highest BCUT2D eigenvalue weighted by Crippen LogP contribution is 2.28. The zero-order chi connectivity index (χ0) is 14.7. The first-order valence-electron chi connectivity index (χ1n) is 7.09. The normalized spacial score (nSPS) is 12.7. The van der Waals surface area contributed by atoms with Gasteiger partial charge in [0.15, 0.2) is 0 Å². The van der Waals surface area contributed by atoms with Gasteiger partial charge in [0.05, 0.1) is 6.04 Å². The fourth-order valence-corrected chi connectivity index (χ4v) is 2.79. The van der Waals surface area contributed by atoms with E-state index in [1.807, 2.05) is 12.4 Å². The van der Waals surface area contributed by atoms with Crippen LogP contribution in [-0.4, -0.2) is 16.1 Å². The first-order chi connectivity index (χ1) is 9.58. The molecule has 0 aliphatic rings. The predicted octanol–water partition coefficient (Wildman–Crippen LogP) is 3.98. The molecule has 3 nitrogen and oxygen atoms in total. The van der Waals surface area contributed by atoms with Gasteiger partial charge in [0.2, 0.25) is 0 Å². The van der Waals surface area contributed by atoms with Crippen LogP contribution in [0.1, 0.15) is 42.4 Å². The van der Waals surface area contributed by atoms with Gasteiger partial charge in [0.25, 0.3) is 0 Å². The molecule has 0 aliphatic heterocycles. The van der Waals surface area contributed by atoms with Gasteiger partial charge in [0, 0.05) is 23.4 Å². The molecule has 1 N–H and O–H groups in total. The molecule has 1 heterocycles. The van der Waals surface area contributed by atoms with Crippen LogP contribution in [0.3, 0.4) is 0 Å². The monoisotopic (exact) mass is 335 g/mol. The molecule has 108 valence electrons. The van der Waals surface area contributed by atoms with Crippen molar-refractivity contribution < 1.29 is 0 Å². The Morgan fingerprint density at radius 1 is 1.25 bits per heavy atom. The SMILES string of the molecule is CCNC(c1cc(C)c(Br)c(C)c1)c1nccn1CC. The minimum atomic E-state index is 0.139. The smallest absolute Gasteiger partial charge is 0.130 e. The number of nitrogens with zero attached hydrogens (tertiary/aromatic N) is 2. The minimum Gasteiger partial charge on any atom is -0.334 e. The van der Waals surface area contributed by atoms with E-state index in [9.17, 15) is 0 Å². The van der Waals surface area contributed by atoms with E-state index in [1.165, 1.54) is 21.2 Å². The molecule has 1 unspecified atom stereocenters. The highest BCUT2D eigenvalue weighted by molar-refractivity contribution is 9.10. The Balaban J connectivity index is 2.48. The van der Waals surface area contributed by atoms with Crippen molar-refractivity contribution in [3.63, 3.8) is 0 Å². The van der Waals surface area contributed by atoms with E-state index in [2.05, 4.69) is 70.6 Å². The van der Waals surface area contributed by atoms with E-state index in [-0.39, 0.29) is 6.04 Å². The maximum atomic E-state index is 4.55. The number of nitrogens with one attached hydrogen (secondary N) is 1. The average molecular weight is 336 g/mol. The van der Waals surface area contributed by atoms with Crippen molar-refractivity contribution in [1.29, 1.82) is 0 Å². The van der Waals surface area contributed by atoms with Crippen molar-refractivity contribution in [2.75, 3.05) is 6.54 Å². The minimum absolute atomic E-state index is 0.139. The Bertz CT molecular complexity index is 566. The van der Waals surface area contributed by atoms with E-state index >= 15 is 0 Å². The van der Waals surface area contributed by atoms with Gasteiger partial charge in [-0.2, -0.15) is 0 Å². The number of benzene rings is 1. The highest BCUT2D eigenvalue weighted by atomic mass is 79.9. The Morgan fingerprint density at radius 2 is 1.90 bits per heavy atom. The lowest BCUT2D eigenvalue weighted by Crippen LogP contribution is -2.25. The number of halogens is 1. The van der Waals surface area contributed by atoms with Crippen molar-refractivity contribution in [2.24, 2.45) is 0 Å². The van der Waals surface area contributed by atoms with Crippen LogP contribution in [0.4, 0.5) is 0 Å². The van der Waals surface area contributed by atoms with Gasteiger partial charge in [0.1, 0.15) is 5.82 Å². The van der Waals surface area contributed by atoms with Crippen LogP contribution in [0.2, 0.25) is 0 Å². The summed E-state index contributed by atoms with van der Waals surface area (Å²) in [5.41, 5.74) is 3.79. The molecule has 2 aromatic rings. The van der Waals surface area contributed by atoms with Crippen LogP contribution < -0.4 is 5.32 Å².